The minimum absolute atomic E-state index is 0.00595. The van der Waals surface area contributed by atoms with Crippen molar-refractivity contribution in [1.82, 2.24) is 0 Å². The zero-order valence-corrected chi connectivity index (χ0v) is 10.9. The van der Waals surface area contributed by atoms with E-state index < -0.39 is 0 Å². The number of carbonyl (C=O) groups is 2. The zero-order chi connectivity index (χ0) is 12.2. The first kappa shape index (κ1) is 11.6. The third-order valence-electron chi connectivity index (χ3n) is 4.85. The van der Waals surface area contributed by atoms with Crippen molar-refractivity contribution in [2.75, 3.05) is 0 Å². The number of cyclic esters (lactones) is 1. The summed E-state index contributed by atoms with van der Waals surface area (Å²) in [6.45, 7) is 1.97. The molecular weight excluding hydrogens is 236 g/mol. The predicted octanol–water partition coefficient (Wildman–Crippen LogP) is 1.85. The van der Waals surface area contributed by atoms with Crippen LogP contribution < -0.4 is 0 Å². The molecule has 1 aliphatic heterocycles. The van der Waals surface area contributed by atoms with Crippen molar-refractivity contribution in [2.45, 2.75) is 44.0 Å². The standard InChI is InChI=1S/C13H18O3S/c1-6-11-10(13(15)16-6)5-7-4-8(14)2-3-9(7)12(11)17/h6-7,9-12,17H,2-5H2,1H3/t6-,7+,9-,10-,11-,12+/m1/s1. The molecule has 1 saturated heterocycles. The highest BCUT2D eigenvalue weighted by atomic mass is 32.1. The van der Waals surface area contributed by atoms with E-state index in [0.29, 0.717) is 30.5 Å². The molecule has 3 rings (SSSR count). The van der Waals surface area contributed by atoms with Crippen LogP contribution in [0.1, 0.15) is 32.6 Å². The first-order chi connectivity index (χ1) is 8.08. The molecule has 17 heavy (non-hydrogen) atoms. The van der Waals surface area contributed by atoms with Crippen LogP contribution in [0.5, 0.6) is 0 Å². The molecule has 2 aliphatic carbocycles. The number of ether oxygens (including phenoxy) is 1. The van der Waals surface area contributed by atoms with E-state index in [1.165, 1.54) is 0 Å². The molecule has 4 heteroatoms. The second-order valence-electron chi connectivity index (χ2n) is 5.76. The molecule has 3 aliphatic rings. The van der Waals surface area contributed by atoms with E-state index in [9.17, 15) is 9.59 Å². The van der Waals surface area contributed by atoms with Crippen LogP contribution in [-0.2, 0) is 14.3 Å². The molecule has 0 aromatic rings. The van der Waals surface area contributed by atoms with Crippen LogP contribution >= 0.6 is 12.6 Å². The van der Waals surface area contributed by atoms with E-state index >= 15 is 0 Å². The van der Waals surface area contributed by atoms with Crippen LogP contribution in [0.2, 0.25) is 0 Å². The highest BCUT2D eigenvalue weighted by Crippen LogP contribution is 2.51. The van der Waals surface area contributed by atoms with Crippen LogP contribution in [0.4, 0.5) is 0 Å². The van der Waals surface area contributed by atoms with Crippen molar-refractivity contribution < 1.29 is 14.3 Å². The highest BCUT2D eigenvalue weighted by Gasteiger charge is 2.54. The lowest BCUT2D eigenvalue weighted by atomic mass is 9.62. The topological polar surface area (TPSA) is 43.4 Å². The third kappa shape index (κ3) is 1.72. The highest BCUT2D eigenvalue weighted by molar-refractivity contribution is 7.81. The molecule has 3 nitrogen and oxygen atoms in total. The number of hydrogen-bond donors (Lipinski definition) is 1. The molecule has 1 heterocycles. The number of thiol groups is 1. The van der Waals surface area contributed by atoms with Gasteiger partial charge < -0.3 is 4.74 Å². The predicted molar refractivity (Wildman–Crippen MR) is 65.8 cm³/mol. The van der Waals surface area contributed by atoms with Gasteiger partial charge in [-0.15, -0.1) is 0 Å². The second kappa shape index (κ2) is 4.01. The number of carbonyl (C=O) groups excluding carboxylic acids is 2. The van der Waals surface area contributed by atoms with Crippen molar-refractivity contribution in [1.29, 1.82) is 0 Å². The monoisotopic (exact) mass is 254 g/mol. The first-order valence-electron chi connectivity index (χ1n) is 6.48. The van der Waals surface area contributed by atoms with E-state index in [0.717, 1.165) is 12.8 Å². The summed E-state index contributed by atoms with van der Waals surface area (Å²) in [7, 11) is 0. The molecule has 0 aromatic heterocycles. The maximum Gasteiger partial charge on any atom is 0.309 e. The van der Waals surface area contributed by atoms with E-state index in [-0.39, 0.29) is 29.2 Å². The van der Waals surface area contributed by atoms with Gasteiger partial charge in [-0.2, -0.15) is 12.6 Å². The molecule has 0 unspecified atom stereocenters. The summed E-state index contributed by atoms with van der Waals surface area (Å²) in [6, 6.07) is 0. The smallest absolute Gasteiger partial charge is 0.309 e. The zero-order valence-electron chi connectivity index (χ0n) is 9.96. The Morgan fingerprint density at radius 3 is 2.88 bits per heavy atom. The molecule has 2 saturated carbocycles. The number of Topliss-reactive ketones (excluding diaryl/α,β-unsaturated/α-hetero) is 1. The van der Waals surface area contributed by atoms with E-state index in [1.807, 2.05) is 6.92 Å². The first-order valence-corrected chi connectivity index (χ1v) is 7.00. The number of hydrogen-bond acceptors (Lipinski definition) is 4. The van der Waals surface area contributed by atoms with Crippen molar-refractivity contribution >= 4 is 24.4 Å². The summed E-state index contributed by atoms with van der Waals surface area (Å²) < 4.78 is 5.34. The normalized spacial score (nSPS) is 49.5. The van der Waals surface area contributed by atoms with Gasteiger partial charge in [0.25, 0.3) is 0 Å². The van der Waals surface area contributed by atoms with Crippen molar-refractivity contribution in [3.05, 3.63) is 0 Å². The van der Waals surface area contributed by atoms with Gasteiger partial charge >= 0.3 is 5.97 Å². The average molecular weight is 254 g/mol. The molecule has 0 N–H and O–H groups in total. The molecule has 94 valence electrons. The molecular formula is C13H18O3S. The largest absolute Gasteiger partial charge is 0.462 e. The van der Waals surface area contributed by atoms with Crippen LogP contribution in [0, 0.1) is 23.7 Å². The molecule has 3 fully saturated rings. The Labute approximate surface area is 107 Å². The minimum atomic E-state index is -0.0713. The molecule has 6 atom stereocenters. The van der Waals surface area contributed by atoms with E-state index in [4.69, 9.17) is 17.4 Å². The van der Waals surface area contributed by atoms with Gasteiger partial charge in [0.2, 0.25) is 0 Å². The van der Waals surface area contributed by atoms with Gasteiger partial charge in [-0.25, -0.2) is 0 Å². The Balaban J connectivity index is 1.86. The van der Waals surface area contributed by atoms with Gasteiger partial charge in [0.1, 0.15) is 11.9 Å². The Bertz CT molecular complexity index is 368. The SMILES string of the molecule is C[C@H]1OC(=O)[C@@H]2C[C@@H]3CC(=O)CC[C@H]3[C@H](S)[C@H]12. The lowest BCUT2D eigenvalue weighted by Gasteiger charge is -2.44. The van der Waals surface area contributed by atoms with Gasteiger partial charge in [-0.1, -0.05) is 0 Å². The Hall–Kier alpha value is -0.510. The Morgan fingerprint density at radius 1 is 1.35 bits per heavy atom. The van der Waals surface area contributed by atoms with Crippen LogP contribution in [0.3, 0.4) is 0 Å². The minimum Gasteiger partial charge on any atom is -0.462 e. The fourth-order valence-electron chi connectivity index (χ4n) is 4.03. The second-order valence-corrected chi connectivity index (χ2v) is 6.35. The molecule has 0 bridgehead atoms. The van der Waals surface area contributed by atoms with Crippen LogP contribution in [0.15, 0.2) is 0 Å². The average Bonchev–Trinajstić information content (AvgIpc) is 2.54. The maximum absolute atomic E-state index is 11.8. The molecule has 0 spiro atoms. The Kier molecular flexibility index (Phi) is 2.73. The number of esters is 1. The molecule has 0 amide bonds. The summed E-state index contributed by atoms with van der Waals surface area (Å²) in [5.74, 6) is 1.37. The fourth-order valence-corrected chi connectivity index (χ4v) is 4.87. The van der Waals surface area contributed by atoms with Crippen LogP contribution in [-0.4, -0.2) is 23.1 Å². The third-order valence-corrected chi connectivity index (χ3v) is 5.58. The van der Waals surface area contributed by atoms with E-state index in [1.54, 1.807) is 0 Å². The summed E-state index contributed by atoms with van der Waals surface area (Å²) in [4.78, 5) is 23.3. The van der Waals surface area contributed by atoms with Gasteiger partial charge in [-0.3, -0.25) is 9.59 Å². The van der Waals surface area contributed by atoms with Crippen molar-refractivity contribution in [2.24, 2.45) is 23.7 Å². The summed E-state index contributed by atoms with van der Waals surface area (Å²) in [5, 5.41) is 0.216. The van der Waals surface area contributed by atoms with Gasteiger partial charge in [-0.05, 0) is 31.6 Å². The molecule has 0 aromatic carbocycles. The lowest BCUT2D eigenvalue weighted by Crippen LogP contribution is -2.45. The summed E-state index contributed by atoms with van der Waals surface area (Å²) in [6.07, 6.45) is 3.11. The summed E-state index contributed by atoms with van der Waals surface area (Å²) >= 11 is 4.74. The van der Waals surface area contributed by atoms with Crippen molar-refractivity contribution in [3.8, 4) is 0 Å². The maximum atomic E-state index is 11.8. The lowest BCUT2D eigenvalue weighted by molar-refractivity contribution is -0.144. The Morgan fingerprint density at radius 2 is 2.12 bits per heavy atom. The quantitative estimate of drug-likeness (QED) is 0.530. The van der Waals surface area contributed by atoms with Crippen molar-refractivity contribution in [3.63, 3.8) is 0 Å². The number of fused-ring (bicyclic) bond motifs is 2. The summed E-state index contributed by atoms with van der Waals surface area (Å²) in [5.41, 5.74) is 0. The van der Waals surface area contributed by atoms with E-state index in [2.05, 4.69) is 0 Å². The van der Waals surface area contributed by atoms with Gasteiger partial charge in [0.05, 0.1) is 5.92 Å². The van der Waals surface area contributed by atoms with Gasteiger partial charge in [0.15, 0.2) is 0 Å². The van der Waals surface area contributed by atoms with Gasteiger partial charge in [0, 0.05) is 24.0 Å². The number of ketones is 1. The van der Waals surface area contributed by atoms with Crippen LogP contribution in [0.25, 0.3) is 0 Å². The molecule has 0 radical (unpaired) electrons. The number of rotatable bonds is 0. The fraction of sp³-hybridized carbons (Fsp3) is 0.846.